The molecular formula is C34H44BrNO7Si. The number of hydrogen-bond donors (Lipinski definition) is 0. The standard InChI is InChI=1S/C34H44BrNO7Si/c1-32(2,3)44(9,10)41-19-27-26(42-34(6,7)43-27)18-40-21-12-14-22-24(16-21)33(4,5)31-29(30(22)38)23-13-11-20(35)15-25(23)36(31)17-28(37)39-8/h11-16,26-27H,17-19H2,1-10H3. The van der Waals surface area contributed by atoms with Gasteiger partial charge in [-0.05, 0) is 67.9 Å². The SMILES string of the molecule is COC(=O)Cn1c2c(c3ccc(Br)cc31)C(=O)c1ccc(OCC3OC(C)(C)OC3CO[Si](C)(C)C(C)(C)C)cc1C2(C)C. The Hall–Kier alpha value is -2.50. The van der Waals surface area contributed by atoms with Gasteiger partial charge in [-0.3, -0.25) is 9.59 Å². The molecular weight excluding hydrogens is 642 g/mol. The van der Waals surface area contributed by atoms with E-state index in [-0.39, 0.29) is 42.2 Å². The molecule has 44 heavy (non-hydrogen) atoms. The van der Waals surface area contributed by atoms with Crippen LogP contribution in [0.15, 0.2) is 40.9 Å². The van der Waals surface area contributed by atoms with Crippen LogP contribution in [0.3, 0.4) is 0 Å². The van der Waals surface area contributed by atoms with Gasteiger partial charge in [0.1, 0.15) is 31.1 Å². The lowest BCUT2D eigenvalue weighted by atomic mass is 9.71. The van der Waals surface area contributed by atoms with Gasteiger partial charge in [-0.25, -0.2) is 0 Å². The number of esters is 1. The Kier molecular flexibility index (Phi) is 8.51. The minimum Gasteiger partial charge on any atom is -0.491 e. The number of nitrogens with zero attached hydrogens (tertiary/aromatic N) is 1. The minimum atomic E-state index is -1.98. The lowest BCUT2D eigenvalue weighted by Gasteiger charge is -2.37. The first-order valence-electron chi connectivity index (χ1n) is 15.1. The lowest BCUT2D eigenvalue weighted by Crippen LogP contribution is -2.44. The third-order valence-corrected chi connectivity index (χ3v) is 14.4. The molecule has 2 heterocycles. The number of methoxy groups -OCH3 is 1. The molecule has 5 rings (SSSR count). The van der Waals surface area contributed by atoms with Crippen molar-refractivity contribution in [2.24, 2.45) is 0 Å². The highest BCUT2D eigenvalue weighted by molar-refractivity contribution is 9.10. The van der Waals surface area contributed by atoms with Crippen molar-refractivity contribution in [3.63, 3.8) is 0 Å². The highest BCUT2D eigenvalue weighted by Gasteiger charge is 2.45. The van der Waals surface area contributed by atoms with Gasteiger partial charge in [0.2, 0.25) is 0 Å². The van der Waals surface area contributed by atoms with Crippen LogP contribution in [0.5, 0.6) is 5.75 Å². The molecule has 3 aromatic rings. The number of ketones is 1. The number of benzene rings is 2. The average molecular weight is 687 g/mol. The van der Waals surface area contributed by atoms with Gasteiger partial charge >= 0.3 is 5.97 Å². The van der Waals surface area contributed by atoms with Crippen molar-refractivity contribution in [2.75, 3.05) is 20.3 Å². The van der Waals surface area contributed by atoms with E-state index in [1.165, 1.54) is 7.11 Å². The number of halogens is 1. The maximum Gasteiger partial charge on any atom is 0.325 e. The molecule has 0 spiro atoms. The Balaban J connectivity index is 1.44. The normalized spacial score (nSPS) is 20.8. The summed E-state index contributed by atoms with van der Waals surface area (Å²) in [6.45, 7) is 19.8. The quantitative estimate of drug-likeness (QED) is 0.181. The highest BCUT2D eigenvalue weighted by Crippen LogP contribution is 2.47. The maximum absolute atomic E-state index is 14.1. The molecule has 2 unspecified atom stereocenters. The number of carbonyl (C=O) groups is 2. The van der Waals surface area contributed by atoms with Crippen LogP contribution in [-0.2, 0) is 35.4 Å². The molecule has 238 valence electrons. The molecule has 1 aliphatic heterocycles. The molecule has 8 nitrogen and oxygen atoms in total. The van der Waals surface area contributed by atoms with Crippen LogP contribution in [0.2, 0.25) is 18.1 Å². The molecule has 2 atom stereocenters. The second-order valence-electron chi connectivity index (χ2n) is 14.3. The summed E-state index contributed by atoms with van der Waals surface area (Å²) in [5.41, 5.74) is 3.03. The van der Waals surface area contributed by atoms with Crippen molar-refractivity contribution in [2.45, 2.75) is 96.6 Å². The van der Waals surface area contributed by atoms with Gasteiger partial charge in [0.05, 0.1) is 24.8 Å². The zero-order valence-corrected chi connectivity index (χ0v) is 30.0. The van der Waals surface area contributed by atoms with Crippen LogP contribution < -0.4 is 4.74 Å². The van der Waals surface area contributed by atoms with Gasteiger partial charge in [0, 0.05) is 26.5 Å². The fraction of sp³-hybridized carbons (Fsp3) is 0.529. The van der Waals surface area contributed by atoms with Crippen molar-refractivity contribution in [1.82, 2.24) is 4.57 Å². The van der Waals surface area contributed by atoms with Crippen LogP contribution in [0.4, 0.5) is 0 Å². The number of ether oxygens (including phenoxy) is 4. The van der Waals surface area contributed by atoms with Crippen molar-refractivity contribution >= 4 is 46.9 Å². The van der Waals surface area contributed by atoms with Crippen molar-refractivity contribution in [3.05, 3.63) is 63.3 Å². The Bertz CT molecular complexity index is 1620. The summed E-state index contributed by atoms with van der Waals surface area (Å²) < 4.78 is 33.1. The summed E-state index contributed by atoms with van der Waals surface area (Å²) in [6.07, 6.45) is -0.598. The largest absolute Gasteiger partial charge is 0.491 e. The zero-order chi connectivity index (χ0) is 32.4. The second kappa shape index (κ2) is 11.4. The summed E-state index contributed by atoms with van der Waals surface area (Å²) >= 11 is 3.55. The van der Waals surface area contributed by atoms with Gasteiger partial charge in [-0.1, -0.05) is 56.6 Å². The van der Waals surface area contributed by atoms with E-state index in [2.05, 4.69) is 63.6 Å². The summed E-state index contributed by atoms with van der Waals surface area (Å²) in [7, 11) is -0.608. The first-order chi connectivity index (χ1) is 20.4. The van der Waals surface area contributed by atoms with E-state index in [9.17, 15) is 9.59 Å². The van der Waals surface area contributed by atoms with Gasteiger partial charge in [-0.15, -0.1) is 0 Å². The van der Waals surface area contributed by atoms with E-state index in [0.717, 1.165) is 26.6 Å². The van der Waals surface area contributed by atoms with Crippen LogP contribution in [0, 0.1) is 0 Å². The first kappa shape index (κ1) is 32.9. The van der Waals surface area contributed by atoms with E-state index in [1.807, 2.05) is 54.8 Å². The molecule has 1 aromatic heterocycles. The molecule has 1 aliphatic carbocycles. The van der Waals surface area contributed by atoms with Crippen LogP contribution in [0.1, 0.15) is 75.6 Å². The molecule has 2 aliphatic rings. The van der Waals surface area contributed by atoms with E-state index in [0.29, 0.717) is 23.5 Å². The van der Waals surface area contributed by atoms with Gasteiger partial charge < -0.3 is 27.9 Å². The fourth-order valence-electron chi connectivity index (χ4n) is 6.03. The van der Waals surface area contributed by atoms with Crippen molar-refractivity contribution < 1.29 is 33.0 Å². The molecule has 1 fully saturated rings. The summed E-state index contributed by atoms with van der Waals surface area (Å²) in [5, 5.41) is 0.892. The minimum absolute atomic E-state index is 0.00579. The molecule has 2 aromatic carbocycles. The smallest absolute Gasteiger partial charge is 0.325 e. The number of carbonyl (C=O) groups excluding carboxylic acids is 2. The summed E-state index contributed by atoms with van der Waals surface area (Å²) in [4.78, 5) is 26.6. The number of hydrogen-bond acceptors (Lipinski definition) is 7. The zero-order valence-electron chi connectivity index (χ0n) is 27.4. The summed E-state index contributed by atoms with van der Waals surface area (Å²) in [5.74, 6) is -0.583. The second-order valence-corrected chi connectivity index (χ2v) is 20.0. The van der Waals surface area contributed by atoms with Gasteiger partial charge in [0.15, 0.2) is 19.9 Å². The fourth-order valence-corrected chi connectivity index (χ4v) is 7.39. The molecule has 0 N–H and O–H groups in total. The Morgan fingerprint density at radius 1 is 1.02 bits per heavy atom. The maximum atomic E-state index is 14.1. The van der Waals surface area contributed by atoms with Gasteiger partial charge in [-0.2, -0.15) is 0 Å². The Labute approximate surface area is 269 Å². The Morgan fingerprint density at radius 3 is 2.32 bits per heavy atom. The first-order valence-corrected chi connectivity index (χ1v) is 18.8. The van der Waals surface area contributed by atoms with E-state index < -0.39 is 19.5 Å². The van der Waals surface area contributed by atoms with E-state index >= 15 is 0 Å². The van der Waals surface area contributed by atoms with Crippen LogP contribution in [0.25, 0.3) is 10.9 Å². The molecule has 0 radical (unpaired) electrons. The van der Waals surface area contributed by atoms with Crippen molar-refractivity contribution in [3.8, 4) is 5.75 Å². The highest BCUT2D eigenvalue weighted by atomic mass is 79.9. The van der Waals surface area contributed by atoms with E-state index in [4.69, 9.17) is 23.4 Å². The predicted molar refractivity (Wildman–Crippen MR) is 176 cm³/mol. The molecule has 0 bridgehead atoms. The number of rotatable bonds is 8. The number of fused-ring (bicyclic) bond motifs is 4. The van der Waals surface area contributed by atoms with Gasteiger partial charge in [0.25, 0.3) is 0 Å². The average Bonchev–Trinajstić information content (AvgIpc) is 3.42. The monoisotopic (exact) mass is 685 g/mol. The molecule has 0 amide bonds. The lowest BCUT2D eigenvalue weighted by molar-refractivity contribution is -0.150. The summed E-state index contributed by atoms with van der Waals surface area (Å²) in [6, 6.07) is 11.4. The predicted octanol–water partition coefficient (Wildman–Crippen LogP) is 7.37. The molecule has 1 saturated heterocycles. The molecule has 10 heteroatoms. The third-order valence-electron chi connectivity index (χ3n) is 9.38. The number of aromatic nitrogens is 1. The van der Waals surface area contributed by atoms with Crippen molar-refractivity contribution in [1.29, 1.82) is 0 Å². The van der Waals surface area contributed by atoms with Crippen LogP contribution >= 0.6 is 15.9 Å². The topological polar surface area (TPSA) is 85.2 Å². The molecule has 0 saturated carbocycles. The van der Waals surface area contributed by atoms with Crippen LogP contribution in [-0.4, -0.2) is 63.0 Å². The van der Waals surface area contributed by atoms with E-state index in [1.54, 1.807) is 0 Å². The third kappa shape index (κ3) is 5.91. The Morgan fingerprint density at radius 2 is 1.68 bits per heavy atom.